The maximum atomic E-state index is 14.9. The highest BCUT2D eigenvalue weighted by Crippen LogP contribution is 2.75. The number of fused-ring (bicyclic) bond motifs is 7. The smallest absolute Gasteiger partial charge is 0.312 e. The van der Waals surface area contributed by atoms with Crippen molar-refractivity contribution in [3.63, 3.8) is 0 Å². The number of rotatable bonds is 7. The first kappa shape index (κ1) is 36.8. The molecular formula is C44H63NO6. The minimum absolute atomic E-state index is 0.0668. The summed E-state index contributed by atoms with van der Waals surface area (Å²) in [6.45, 7) is 21.0. The van der Waals surface area contributed by atoms with Crippen molar-refractivity contribution >= 4 is 17.7 Å². The summed E-state index contributed by atoms with van der Waals surface area (Å²) in [5.74, 6) is 0.268. The Bertz CT molecular complexity index is 1550. The summed E-state index contributed by atoms with van der Waals surface area (Å²) in [5.41, 5.74) is 0.999. The number of benzene rings is 1. The molecule has 6 aliphatic rings. The largest absolute Gasteiger partial charge is 0.464 e. The van der Waals surface area contributed by atoms with Crippen LogP contribution in [0.15, 0.2) is 42.0 Å². The molecule has 7 heteroatoms. The Kier molecular flexibility index (Phi) is 9.47. The molecule has 4 saturated carbocycles. The molecule has 0 amide bonds. The predicted octanol–water partition coefficient (Wildman–Crippen LogP) is 8.20. The van der Waals surface area contributed by atoms with E-state index in [1.807, 2.05) is 30.3 Å². The van der Waals surface area contributed by atoms with Crippen molar-refractivity contribution in [2.45, 2.75) is 113 Å². The Morgan fingerprint density at radius 2 is 1.57 bits per heavy atom. The standard InChI is InChI=1S/C44H63NO6/c1-39(2)31(37(47)50-26-23-45-21-24-49-25-22-45)13-15-42(5)35(39)14-16-44(7)36(42)34(46)27-32-33-28-41(4,18-17-40(33,3)19-20-43(32,44)6)38(48)51-29-30-11-9-8-10-12-30/h8-12,27,31,33,35-36H,13-26,28-29H2,1-7H3/t31-,33+,35+,36?,40-,41+,42+,43-,44-/m1/s1. The Balaban J connectivity index is 1.11. The van der Waals surface area contributed by atoms with Gasteiger partial charge in [-0.1, -0.05) is 77.4 Å². The Labute approximate surface area is 306 Å². The summed E-state index contributed by atoms with van der Waals surface area (Å²) < 4.78 is 17.4. The monoisotopic (exact) mass is 701 g/mol. The van der Waals surface area contributed by atoms with Gasteiger partial charge in [0.1, 0.15) is 13.2 Å². The average Bonchev–Trinajstić information content (AvgIpc) is 3.09. The van der Waals surface area contributed by atoms with Gasteiger partial charge in [0.05, 0.1) is 24.5 Å². The third-order valence-corrected chi connectivity index (χ3v) is 16.4. The van der Waals surface area contributed by atoms with Crippen molar-refractivity contribution in [3.8, 4) is 0 Å². The van der Waals surface area contributed by atoms with Gasteiger partial charge in [0.25, 0.3) is 0 Å². The van der Waals surface area contributed by atoms with Crippen LogP contribution in [-0.4, -0.2) is 62.1 Å². The number of nitrogens with zero attached hydrogens (tertiary/aromatic N) is 1. The summed E-state index contributed by atoms with van der Waals surface area (Å²) >= 11 is 0. The number of ether oxygens (including phenoxy) is 3. The van der Waals surface area contributed by atoms with Crippen LogP contribution >= 0.6 is 0 Å². The number of carbonyl (C=O) groups is 3. The van der Waals surface area contributed by atoms with Gasteiger partial charge in [0.2, 0.25) is 0 Å². The van der Waals surface area contributed by atoms with Crippen molar-refractivity contribution in [1.82, 2.24) is 4.90 Å². The summed E-state index contributed by atoms with van der Waals surface area (Å²) in [4.78, 5) is 44.6. The maximum Gasteiger partial charge on any atom is 0.312 e. The van der Waals surface area contributed by atoms with Gasteiger partial charge in [0, 0.05) is 25.6 Å². The van der Waals surface area contributed by atoms with Gasteiger partial charge in [-0.25, -0.2) is 0 Å². The number of hydrogen-bond acceptors (Lipinski definition) is 7. The van der Waals surface area contributed by atoms with Gasteiger partial charge >= 0.3 is 11.9 Å². The van der Waals surface area contributed by atoms with Crippen LogP contribution < -0.4 is 0 Å². The Hall–Kier alpha value is -2.51. The number of hydrogen-bond donors (Lipinski definition) is 0. The number of carbonyl (C=O) groups excluding carboxylic acids is 3. The van der Waals surface area contributed by atoms with Crippen LogP contribution in [0.5, 0.6) is 0 Å². The van der Waals surface area contributed by atoms with Crippen LogP contribution in [0.4, 0.5) is 0 Å². The van der Waals surface area contributed by atoms with Crippen LogP contribution in [0, 0.1) is 56.2 Å². The molecule has 5 fully saturated rings. The molecule has 5 aliphatic carbocycles. The molecular weight excluding hydrogens is 638 g/mol. The third-order valence-electron chi connectivity index (χ3n) is 16.4. The van der Waals surface area contributed by atoms with E-state index in [4.69, 9.17) is 14.2 Å². The number of morpholine rings is 1. The summed E-state index contributed by atoms with van der Waals surface area (Å²) in [6.07, 6.45) is 10.4. The fraction of sp³-hybridized carbons (Fsp3) is 0.750. The molecule has 1 heterocycles. The van der Waals surface area contributed by atoms with Gasteiger partial charge in [-0.05, 0) is 115 Å². The molecule has 7 rings (SSSR count). The van der Waals surface area contributed by atoms with E-state index in [9.17, 15) is 14.4 Å². The van der Waals surface area contributed by atoms with E-state index in [0.29, 0.717) is 13.2 Å². The lowest BCUT2D eigenvalue weighted by Crippen LogP contribution is -2.66. The zero-order valence-corrected chi connectivity index (χ0v) is 32.5. The topological polar surface area (TPSA) is 82.1 Å². The summed E-state index contributed by atoms with van der Waals surface area (Å²) in [6, 6.07) is 9.92. The molecule has 1 saturated heterocycles. The first-order valence-corrected chi connectivity index (χ1v) is 20.0. The van der Waals surface area contributed by atoms with Crippen molar-refractivity contribution in [3.05, 3.63) is 47.5 Å². The Morgan fingerprint density at radius 1 is 0.863 bits per heavy atom. The molecule has 280 valence electrons. The van der Waals surface area contributed by atoms with Crippen LogP contribution in [0.2, 0.25) is 0 Å². The second-order valence-electron chi connectivity index (χ2n) is 19.3. The lowest BCUT2D eigenvalue weighted by atomic mass is 9.33. The average molecular weight is 702 g/mol. The summed E-state index contributed by atoms with van der Waals surface area (Å²) in [5, 5.41) is 0. The first-order valence-electron chi connectivity index (χ1n) is 20.0. The minimum atomic E-state index is -0.582. The van der Waals surface area contributed by atoms with Crippen LogP contribution in [-0.2, 0) is 35.2 Å². The maximum absolute atomic E-state index is 14.9. The number of ketones is 1. The fourth-order valence-corrected chi connectivity index (χ4v) is 12.9. The third kappa shape index (κ3) is 5.95. The highest BCUT2D eigenvalue weighted by atomic mass is 16.5. The van der Waals surface area contributed by atoms with Gasteiger partial charge in [0.15, 0.2) is 5.78 Å². The second-order valence-corrected chi connectivity index (χ2v) is 19.3. The summed E-state index contributed by atoms with van der Waals surface area (Å²) in [7, 11) is 0. The molecule has 0 spiro atoms. The van der Waals surface area contributed by atoms with Crippen LogP contribution in [0.3, 0.4) is 0 Å². The van der Waals surface area contributed by atoms with Gasteiger partial charge in [-0.2, -0.15) is 0 Å². The molecule has 9 atom stereocenters. The number of esters is 2. The van der Waals surface area contributed by atoms with E-state index < -0.39 is 5.41 Å². The molecule has 0 bridgehead atoms. The molecule has 0 aromatic heterocycles. The van der Waals surface area contributed by atoms with E-state index in [2.05, 4.69) is 59.4 Å². The molecule has 7 nitrogen and oxygen atoms in total. The molecule has 1 aromatic carbocycles. The van der Waals surface area contributed by atoms with Crippen LogP contribution in [0.25, 0.3) is 0 Å². The normalized spacial score (nSPS) is 41.9. The van der Waals surface area contributed by atoms with Crippen molar-refractivity contribution in [1.29, 1.82) is 0 Å². The quantitative estimate of drug-likeness (QED) is 0.265. The van der Waals surface area contributed by atoms with Crippen molar-refractivity contribution in [2.24, 2.45) is 56.2 Å². The first-order chi connectivity index (χ1) is 24.1. The highest BCUT2D eigenvalue weighted by Gasteiger charge is 2.70. The lowest BCUT2D eigenvalue weighted by molar-refractivity contribution is -0.200. The lowest BCUT2D eigenvalue weighted by Gasteiger charge is -2.70. The highest BCUT2D eigenvalue weighted by molar-refractivity contribution is 5.96. The van der Waals surface area contributed by atoms with Gasteiger partial charge < -0.3 is 14.2 Å². The van der Waals surface area contributed by atoms with Gasteiger partial charge in [-0.3, -0.25) is 19.3 Å². The second kappa shape index (κ2) is 13.1. The fourth-order valence-electron chi connectivity index (χ4n) is 12.9. The van der Waals surface area contributed by atoms with E-state index in [1.54, 1.807) is 0 Å². The van der Waals surface area contributed by atoms with E-state index in [0.717, 1.165) is 96.2 Å². The molecule has 1 aromatic rings. The number of allylic oxidation sites excluding steroid dienone is 2. The molecule has 1 aliphatic heterocycles. The molecule has 1 unspecified atom stereocenters. The zero-order chi connectivity index (χ0) is 36.5. The molecule has 0 N–H and O–H groups in total. The van der Waals surface area contributed by atoms with E-state index in [1.165, 1.54) is 5.57 Å². The van der Waals surface area contributed by atoms with E-state index >= 15 is 0 Å². The van der Waals surface area contributed by atoms with Gasteiger partial charge in [-0.15, -0.1) is 0 Å². The Morgan fingerprint density at radius 3 is 2.29 bits per heavy atom. The van der Waals surface area contributed by atoms with Crippen molar-refractivity contribution in [2.75, 3.05) is 39.5 Å². The zero-order valence-electron chi connectivity index (χ0n) is 32.5. The predicted molar refractivity (Wildman–Crippen MR) is 197 cm³/mol. The minimum Gasteiger partial charge on any atom is -0.464 e. The van der Waals surface area contributed by atoms with E-state index in [-0.39, 0.29) is 68.5 Å². The van der Waals surface area contributed by atoms with Crippen molar-refractivity contribution < 1.29 is 28.6 Å². The SMILES string of the molecule is CC1(C)[C@@H](C(=O)OCCN2CCOCC2)CC[C@]2(C)C3C(=O)C=C4[C@@H]5C[C@@](C)(C(=O)OCc6ccccc6)CC[C@]5(C)CC[C@@]4(C)[C@]3(C)CC[C@@H]12. The molecule has 0 radical (unpaired) electrons. The van der Waals surface area contributed by atoms with Crippen LogP contribution in [0.1, 0.15) is 112 Å². The molecule has 51 heavy (non-hydrogen) atoms.